The highest BCUT2D eigenvalue weighted by molar-refractivity contribution is 5.92. The molecular formula is C16H16N6O. The number of hydrogen-bond acceptors (Lipinski definition) is 6. The first-order valence-electron chi connectivity index (χ1n) is 7.39. The molecule has 3 heterocycles. The molecule has 1 fully saturated rings. The van der Waals surface area contributed by atoms with Gasteiger partial charge >= 0.3 is 0 Å². The molecule has 1 N–H and O–H groups in total. The molecule has 0 radical (unpaired) electrons. The predicted octanol–water partition coefficient (Wildman–Crippen LogP) is 0.475. The SMILES string of the molecule is C[C@@H]1CN(c2c(C#N)c(=O)n(C)c3ccc(C#N)nc23)CCN1. The van der Waals surface area contributed by atoms with Gasteiger partial charge in [0.2, 0.25) is 0 Å². The van der Waals surface area contributed by atoms with Crippen LogP contribution >= 0.6 is 0 Å². The fourth-order valence-electron chi connectivity index (χ4n) is 3.00. The maximum atomic E-state index is 12.5. The van der Waals surface area contributed by atoms with E-state index in [9.17, 15) is 10.1 Å². The molecule has 1 saturated heterocycles. The Hall–Kier alpha value is -2.90. The number of nitriles is 2. The largest absolute Gasteiger partial charge is 0.366 e. The quantitative estimate of drug-likeness (QED) is 0.822. The second-order valence-corrected chi connectivity index (χ2v) is 5.68. The van der Waals surface area contributed by atoms with Gasteiger partial charge < -0.3 is 14.8 Å². The number of piperazine rings is 1. The highest BCUT2D eigenvalue weighted by Gasteiger charge is 2.25. The normalized spacial score (nSPS) is 17.7. The summed E-state index contributed by atoms with van der Waals surface area (Å²) in [4.78, 5) is 18.9. The van der Waals surface area contributed by atoms with Gasteiger partial charge in [0.05, 0.1) is 11.2 Å². The van der Waals surface area contributed by atoms with Crippen LogP contribution in [0.5, 0.6) is 0 Å². The van der Waals surface area contributed by atoms with Crippen molar-refractivity contribution in [2.45, 2.75) is 13.0 Å². The van der Waals surface area contributed by atoms with Gasteiger partial charge in [-0.15, -0.1) is 0 Å². The molecule has 2 aromatic rings. The number of nitrogens with one attached hydrogen (secondary N) is 1. The van der Waals surface area contributed by atoms with Gasteiger partial charge in [0.1, 0.15) is 28.9 Å². The Kier molecular flexibility index (Phi) is 3.73. The summed E-state index contributed by atoms with van der Waals surface area (Å²) < 4.78 is 1.41. The molecule has 23 heavy (non-hydrogen) atoms. The van der Waals surface area contributed by atoms with Crippen LogP contribution in [0.3, 0.4) is 0 Å². The van der Waals surface area contributed by atoms with Crippen molar-refractivity contribution in [3.8, 4) is 12.1 Å². The molecular weight excluding hydrogens is 292 g/mol. The van der Waals surface area contributed by atoms with Crippen molar-refractivity contribution in [3.63, 3.8) is 0 Å². The van der Waals surface area contributed by atoms with Crippen LogP contribution in [0, 0.1) is 22.7 Å². The first-order chi connectivity index (χ1) is 11.1. The fraction of sp³-hybridized carbons (Fsp3) is 0.375. The number of fused-ring (bicyclic) bond motifs is 1. The summed E-state index contributed by atoms with van der Waals surface area (Å²) in [6.07, 6.45) is 0. The van der Waals surface area contributed by atoms with Crippen LogP contribution in [-0.2, 0) is 7.05 Å². The molecule has 0 amide bonds. The van der Waals surface area contributed by atoms with Crippen LogP contribution in [0.1, 0.15) is 18.2 Å². The second-order valence-electron chi connectivity index (χ2n) is 5.68. The third-order valence-electron chi connectivity index (χ3n) is 4.13. The fourth-order valence-corrected chi connectivity index (χ4v) is 3.00. The standard InChI is InChI=1S/C16H16N6O/c1-10-9-22(6-5-19-10)15-12(8-18)16(23)21(2)13-4-3-11(7-17)20-14(13)15/h3-4,10,19H,5-6,9H2,1-2H3/t10-/m1/s1. The molecule has 0 spiro atoms. The van der Waals surface area contributed by atoms with Gasteiger partial charge in [-0.3, -0.25) is 4.79 Å². The van der Waals surface area contributed by atoms with Crippen molar-refractivity contribution < 1.29 is 0 Å². The van der Waals surface area contributed by atoms with Crippen LogP contribution in [0.4, 0.5) is 5.69 Å². The minimum Gasteiger partial charge on any atom is -0.366 e. The summed E-state index contributed by atoms with van der Waals surface area (Å²) in [6.45, 7) is 4.17. The first-order valence-corrected chi connectivity index (χ1v) is 7.39. The number of anilines is 1. The molecule has 0 aromatic carbocycles. The Morgan fingerprint density at radius 1 is 1.35 bits per heavy atom. The zero-order chi connectivity index (χ0) is 16.6. The lowest BCUT2D eigenvalue weighted by molar-refractivity contribution is 0.485. The molecule has 7 heteroatoms. The summed E-state index contributed by atoms with van der Waals surface area (Å²) in [7, 11) is 1.61. The van der Waals surface area contributed by atoms with Gasteiger partial charge in [-0.2, -0.15) is 10.5 Å². The molecule has 0 aliphatic carbocycles. The van der Waals surface area contributed by atoms with Crippen LogP contribution in [0.2, 0.25) is 0 Å². The number of hydrogen-bond donors (Lipinski definition) is 1. The van der Waals surface area contributed by atoms with Gasteiger partial charge in [-0.1, -0.05) is 0 Å². The van der Waals surface area contributed by atoms with Crippen molar-refractivity contribution in [2.24, 2.45) is 7.05 Å². The zero-order valence-corrected chi connectivity index (χ0v) is 13.0. The molecule has 3 rings (SSSR count). The van der Waals surface area contributed by atoms with Gasteiger partial charge in [0.25, 0.3) is 5.56 Å². The third kappa shape index (κ3) is 2.41. The van der Waals surface area contributed by atoms with E-state index >= 15 is 0 Å². The van der Waals surface area contributed by atoms with Gasteiger partial charge in [-0.25, -0.2) is 4.98 Å². The average Bonchev–Trinajstić information content (AvgIpc) is 2.57. The van der Waals surface area contributed by atoms with E-state index in [2.05, 4.69) is 17.2 Å². The molecule has 0 saturated carbocycles. The van der Waals surface area contributed by atoms with Crippen LogP contribution in [-0.4, -0.2) is 35.2 Å². The molecule has 116 valence electrons. The van der Waals surface area contributed by atoms with Gasteiger partial charge in [0.15, 0.2) is 0 Å². The summed E-state index contributed by atoms with van der Waals surface area (Å²) in [5.41, 5.74) is 1.69. The minimum atomic E-state index is -0.340. The number of aryl methyl sites for hydroxylation is 1. The van der Waals surface area contributed by atoms with E-state index in [1.54, 1.807) is 19.2 Å². The topological polar surface area (TPSA) is 97.7 Å². The van der Waals surface area contributed by atoms with Crippen molar-refractivity contribution in [3.05, 3.63) is 33.7 Å². The van der Waals surface area contributed by atoms with E-state index in [0.717, 1.165) is 6.54 Å². The van der Waals surface area contributed by atoms with Crippen molar-refractivity contribution >= 4 is 16.7 Å². The molecule has 1 aliphatic rings. The Balaban J connectivity index is 2.37. The van der Waals surface area contributed by atoms with E-state index < -0.39 is 0 Å². The van der Waals surface area contributed by atoms with Crippen molar-refractivity contribution in [2.75, 3.05) is 24.5 Å². The Morgan fingerprint density at radius 3 is 2.78 bits per heavy atom. The lowest BCUT2D eigenvalue weighted by Crippen LogP contribution is -2.50. The van der Waals surface area contributed by atoms with Crippen molar-refractivity contribution in [1.82, 2.24) is 14.9 Å². The van der Waals surface area contributed by atoms with Crippen LogP contribution in [0.25, 0.3) is 11.0 Å². The van der Waals surface area contributed by atoms with E-state index in [1.165, 1.54) is 4.57 Å². The predicted molar refractivity (Wildman–Crippen MR) is 86.1 cm³/mol. The van der Waals surface area contributed by atoms with E-state index in [4.69, 9.17) is 5.26 Å². The first kappa shape index (κ1) is 15.0. The van der Waals surface area contributed by atoms with E-state index in [-0.39, 0.29) is 22.9 Å². The van der Waals surface area contributed by atoms with Crippen LogP contribution in [0.15, 0.2) is 16.9 Å². The molecule has 1 aliphatic heterocycles. The van der Waals surface area contributed by atoms with E-state index in [0.29, 0.717) is 29.8 Å². The number of nitrogens with zero attached hydrogens (tertiary/aromatic N) is 5. The second kappa shape index (κ2) is 5.71. The number of pyridine rings is 2. The van der Waals surface area contributed by atoms with Crippen molar-refractivity contribution in [1.29, 1.82) is 10.5 Å². The monoisotopic (exact) mass is 308 g/mol. The zero-order valence-electron chi connectivity index (χ0n) is 13.0. The third-order valence-corrected chi connectivity index (χ3v) is 4.13. The molecule has 7 nitrogen and oxygen atoms in total. The van der Waals surface area contributed by atoms with Crippen LogP contribution < -0.4 is 15.8 Å². The highest BCUT2D eigenvalue weighted by Crippen LogP contribution is 2.28. The molecule has 1 atom stereocenters. The summed E-state index contributed by atoms with van der Waals surface area (Å²) in [6, 6.07) is 7.58. The molecule has 0 bridgehead atoms. The Morgan fingerprint density at radius 2 is 2.13 bits per heavy atom. The highest BCUT2D eigenvalue weighted by atomic mass is 16.1. The average molecular weight is 308 g/mol. The maximum Gasteiger partial charge on any atom is 0.270 e. The summed E-state index contributed by atoms with van der Waals surface area (Å²) in [5, 5.41) is 22.0. The molecule has 2 aromatic heterocycles. The Labute approximate surface area is 133 Å². The lowest BCUT2D eigenvalue weighted by atomic mass is 10.1. The van der Waals surface area contributed by atoms with E-state index in [1.807, 2.05) is 17.0 Å². The Bertz CT molecular complexity index is 917. The summed E-state index contributed by atoms with van der Waals surface area (Å²) in [5.74, 6) is 0. The smallest absolute Gasteiger partial charge is 0.270 e. The number of aromatic nitrogens is 2. The number of rotatable bonds is 1. The molecule has 0 unspecified atom stereocenters. The minimum absolute atomic E-state index is 0.0803. The summed E-state index contributed by atoms with van der Waals surface area (Å²) >= 11 is 0. The lowest BCUT2D eigenvalue weighted by Gasteiger charge is -2.34. The maximum absolute atomic E-state index is 12.5. The van der Waals surface area contributed by atoms with Gasteiger partial charge in [0, 0.05) is 32.7 Å². The van der Waals surface area contributed by atoms with Gasteiger partial charge in [-0.05, 0) is 19.1 Å².